The zero-order valence-corrected chi connectivity index (χ0v) is 16.2. The minimum absolute atomic E-state index is 0.00726. The molecule has 0 unspecified atom stereocenters. The summed E-state index contributed by atoms with van der Waals surface area (Å²) < 4.78 is 11.9. The van der Waals surface area contributed by atoms with Crippen LogP contribution in [0.5, 0.6) is 0 Å². The molecule has 2 heterocycles. The molecule has 2 aromatic carbocycles. The maximum atomic E-state index is 13.3. The van der Waals surface area contributed by atoms with Crippen molar-refractivity contribution in [2.24, 2.45) is 0 Å². The standard InChI is InChI=1S/C25H22O3/c1-16-8-12-19(13-9-16)25(26)21-7-5-4-6-20(21)24(22-14-10-17(2)27-22)23-15-11-18(3)28-23/h4-15,24H,1-3H3. The Balaban J connectivity index is 1.86. The van der Waals surface area contributed by atoms with Gasteiger partial charge in [0.1, 0.15) is 29.0 Å². The van der Waals surface area contributed by atoms with Crippen molar-refractivity contribution in [3.05, 3.63) is 118 Å². The normalized spacial score (nSPS) is 11.1. The second-order valence-electron chi connectivity index (χ2n) is 7.11. The first-order valence-electron chi connectivity index (χ1n) is 9.36. The van der Waals surface area contributed by atoms with Crippen molar-refractivity contribution < 1.29 is 13.6 Å². The summed E-state index contributed by atoms with van der Waals surface area (Å²) in [4.78, 5) is 13.3. The number of rotatable bonds is 5. The number of hydrogen-bond donors (Lipinski definition) is 0. The highest BCUT2D eigenvalue weighted by molar-refractivity contribution is 6.10. The average Bonchev–Trinajstić information content (AvgIpc) is 3.31. The lowest BCUT2D eigenvalue weighted by atomic mass is 9.87. The van der Waals surface area contributed by atoms with Gasteiger partial charge < -0.3 is 8.83 Å². The summed E-state index contributed by atoms with van der Waals surface area (Å²) in [5.74, 6) is 2.88. The Morgan fingerprint density at radius 2 is 1.29 bits per heavy atom. The molecule has 0 N–H and O–H groups in total. The molecule has 0 aliphatic heterocycles. The summed E-state index contributed by atoms with van der Waals surface area (Å²) in [6.45, 7) is 5.84. The van der Waals surface area contributed by atoms with Gasteiger partial charge in [0.05, 0.1) is 0 Å². The van der Waals surface area contributed by atoms with Crippen LogP contribution in [0.2, 0.25) is 0 Å². The Morgan fingerprint density at radius 1 is 0.714 bits per heavy atom. The fourth-order valence-corrected chi connectivity index (χ4v) is 3.48. The summed E-state index contributed by atoms with van der Waals surface area (Å²) in [5, 5.41) is 0. The first-order chi connectivity index (χ1) is 13.5. The first-order valence-corrected chi connectivity index (χ1v) is 9.36. The first kappa shape index (κ1) is 18.1. The van der Waals surface area contributed by atoms with Crippen LogP contribution in [0.1, 0.15) is 56.0 Å². The fourth-order valence-electron chi connectivity index (χ4n) is 3.48. The Hall–Kier alpha value is -3.33. The lowest BCUT2D eigenvalue weighted by Crippen LogP contribution is -2.10. The molecule has 0 amide bonds. The van der Waals surface area contributed by atoms with Crippen LogP contribution in [-0.4, -0.2) is 5.78 Å². The highest BCUT2D eigenvalue weighted by Crippen LogP contribution is 2.36. The van der Waals surface area contributed by atoms with Crippen LogP contribution in [0.3, 0.4) is 0 Å². The quantitative estimate of drug-likeness (QED) is 0.392. The summed E-state index contributed by atoms with van der Waals surface area (Å²) in [5.41, 5.74) is 3.32. The van der Waals surface area contributed by atoms with Gasteiger partial charge in [-0.3, -0.25) is 4.79 Å². The highest BCUT2D eigenvalue weighted by Gasteiger charge is 2.27. The van der Waals surface area contributed by atoms with Crippen molar-refractivity contribution in [2.75, 3.05) is 0 Å². The predicted molar refractivity (Wildman–Crippen MR) is 109 cm³/mol. The zero-order valence-electron chi connectivity index (χ0n) is 16.2. The molecular formula is C25H22O3. The second kappa shape index (κ2) is 7.35. The van der Waals surface area contributed by atoms with Gasteiger partial charge in [-0.15, -0.1) is 0 Å². The molecule has 28 heavy (non-hydrogen) atoms. The third kappa shape index (κ3) is 3.44. The van der Waals surface area contributed by atoms with E-state index in [-0.39, 0.29) is 11.7 Å². The van der Waals surface area contributed by atoms with Gasteiger partial charge in [-0.2, -0.15) is 0 Å². The SMILES string of the molecule is Cc1ccc(C(=O)c2ccccc2C(c2ccc(C)o2)c2ccc(C)o2)cc1. The van der Waals surface area contributed by atoms with Crippen LogP contribution in [-0.2, 0) is 0 Å². The lowest BCUT2D eigenvalue weighted by Gasteiger charge is -2.17. The van der Waals surface area contributed by atoms with Gasteiger partial charge in [-0.1, -0.05) is 54.1 Å². The number of carbonyl (C=O) groups excluding carboxylic acids is 1. The number of furan rings is 2. The molecule has 0 atom stereocenters. The molecule has 4 rings (SSSR count). The molecular weight excluding hydrogens is 348 g/mol. The van der Waals surface area contributed by atoms with E-state index in [1.54, 1.807) is 0 Å². The molecule has 3 nitrogen and oxygen atoms in total. The van der Waals surface area contributed by atoms with Gasteiger partial charge in [0, 0.05) is 11.1 Å². The van der Waals surface area contributed by atoms with Gasteiger partial charge in [-0.05, 0) is 50.6 Å². The molecule has 0 aliphatic rings. The van der Waals surface area contributed by atoms with Crippen LogP contribution >= 0.6 is 0 Å². The molecule has 0 radical (unpaired) electrons. The van der Waals surface area contributed by atoms with Gasteiger partial charge in [0.15, 0.2) is 5.78 Å². The van der Waals surface area contributed by atoms with E-state index in [4.69, 9.17) is 8.83 Å². The van der Waals surface area contributed by atoms with E-state index in [0.29, 0.717) is 11.1 Å². The maximum absolute atomic E-state index is 13.3. The monoisotopic (exact) mass is 370 g/mol. The predicted octanol–water partition coefficient (Wildman–Crippen LogP) is 6.21. The van der Waals surface area contributed by atoms with E-state index in [1.165, 1.54) is 0 Å². The number of benzene rings is 2. The Kier molecular flexibility index (Phi) is 4.74. The third-order valence-corrected chi connectivity index (χ3v) is 4.92. The summed E-state index contributed by atoms with van der Waals surface area (Å²) in [6.07, 6.45) is 0. The molecule has 3 heteroatoms. The topological polar surface area (TPSA) is 43.4 Å². The summed E-state index contributed by atoms with van der Waals surface area (Å²) in [7, 11) is 0. The van der Waals surface area contributed by atoms with Gasteiger partial charge in [0.25, 0.3) is 0 Å². The van der Waals surface area contributed by atoms with Gasteiger partial charge in [-0.25, -0.2) is 0 Å². The van der Waals surface area contributed by atoms with Crippen molar-refractivity contribution in [1.82, 2.24) is 0 Å². The molecule has 2 aromatic heterocycles. The molecule has 0 saturated heterocycles. The van der Waals surface area contributed by atoms with E-state index < -0.39 is 0 Å². The van der Waals surface area contributed by atoms with Gasteiger partial charge in [0.2, 0.25) is 0 Å². The van der Waals surface area contributed by atoms with E-state index >= 15 is 0 Å². The Bertz CT molecular complexity index is 1070. The van der Waals surface area contributed by atoms with Crippen molar-refractivity contribution in [1.29, 1.82) is 0 Å². The molecule has 4 aromatic rings. The van der Waals surface area contributed by atoms with Crippen molar-refractivity contribution in [3.8, 4) is 0 Å². The molecule has 0 spiro atoms. The van der Waals surface area contributed by atoms with Crippen molar-refractivity contribution >= 4 is 5.78 Å². The smallest absolute Gasteiger partial charge is 0.193 e. The third-order valence-electron chi connectivity index (χ3n) is 4.92. The van der Waals surface area contributed by atoms with Crippen LogP contribution in [0.25, 0.3) is 0 Å². The van der Waals surface area contributed by atoms with E-state index in [9.17, 15) is 4.79 Å². The van der Waals surface area contributed by atoms with Crippen LogP contribution in [0.4, 0.5) is 0 Å². The fraction of sp³-hybridized carbons (Fsp3) is 0.160. The van der Waals surface area contributed by atoms with E-state index in [2.05, 4.69) is 0 Å². The molecule has 0 fully saturated rings. The van der Waals surface area contributed by atoms with Crippen LogP contribution < -0.4 is 0 Å². The minimum Gasteiger partial charge on any atom is -0.465 e. The van der Waals surface area contributed by atoms with Crippen molar-refractivity contribution in [3.63, 3.8) is 0 Å². The molecule has 0 bridgehead atoms. The lowest BCUT2D eigenvalue weighted by molar-refractivity contribution is 0.103. The number of hydrogen-bond acceptors (Lipinski definition) is 3. The Morgan fingerprint density at radius 3 is 1.82 bits per heavy atom. The van der Waals surface area contributed by atoms with Crippen LogP contribution in [0.15, 0.2) is 81.6 Å². The number of ketones is 1. The maximum Gasteiger partial charge on any atom is 0.193 e. The molecule has 0 aliphatic carbocycles. The van der Waals surface area contributed by atoms with E-state index in [0.717, 1.165) is 34.2 Å². The van der Waals surface area contributed by atoms with Crippen molar-refractivity contribution in [2.45, 2.75) is 26.7 Å². The van der Waals surface area contributed by atoms with Gasteiger partial charge >= 0.3 is 0 Å². The summed E-state index contributed by atoms with van der Waals surface area (Å²) in [6, 6.07) is 23.1. The average molecular weight is 370 g/mol. The number of carbonyl (C=O) groups is 1. The largest absolute Gasteiger partial charge is 0.465 e. The Labute approximate surface area is 164 Å². The second-order valence-corrected chi connectivity index (χ2v) is 7.11. The van der Waals surface area contributed by atoms with Crippen LogP contribution in [0, 0.1) is 20.8 Å². The van der Waals surface area contributed by atoms with E-state index in [1.807, 2.05) is 93.6 Å². The number of aryl methyl sites for hydroxylation is 3. The highest BCUT2D eigenvalue weighted by atomic mass is 16.4. The minimum atomic E-state index is -0.284. The summed E-state index contributed by atoms with van der Waals surface area (Å²) >= 11 is 0. The molecule has 0 saturated carbocycles. The zero-order chi connectivity index (χ0) is 19.7. The molecule has 140 valence electrons.